The van der Waals surface area contributed by atoms with E-state index in [1.807, 2.05) is 11.4 Å². The summed E-state index contributed by atoms with van der Waals surface area (Å²) >= 11 is 4.87. The van der Waals surface area contributed by atoms with Crippen LogP contribution in [-0.4, -0.2) is 17.1 Å². The van der Waals surface area contributed by atoms with Gasteiger partial charge >= 0.3 is 0 Å². The highest BCUT2D eigenvalue weighted by Gasteiger charge is 2.08. The van der Waals surface area contributed by atoms with Gasteiger partial charge in [0.2, 0.25) is 0 Å². The minimum absolute atomic E-state index is 0.741. The summed E-state index contributed by atoms with van der Waals surface area (Å²) in [6.45, 7) is 0. The molecule has 2 heterocycles. The van der Waals surface area contributed by atoms with Crippen molar-refractivity contribution in [2.75, 3.05) is 7.11 Å². The van der Waals surface area contributed by atoms with Gasteiger partial charge in [0.05, 0.1) is 19.0 Å². The first-order valence-corrected chi connectivity index (χ1v) is 5.58. The van der Waals surface area contributed by atoms with E-state index in [-0.39, 0.29) is 0 Å². The molecule has 0 amide bonds. The van der Waals surface area contributed by atoms with Crippen molar-refractivity contribution < 1.29 is 4.74 Å². The number of hydrogen-bond donors (Lipinski definition) is 0. The lowest BCUT2D eigenvalue weighted by Gasteiger charge is -2.03. The number of aromatic nitrogens is 2. The molecule has 0 saturated carbocycles. The quantitative estimate of drug-likeness (QED) is 0.842. The van der Waals surface area contributed by atoms with E-state index in [0.29, 0.717) is 0 Å². The zero-order valence-electron chi connectivity index (χ0n) is 7.40. The van der Waals surface area contributed by atoms with E-state index < -0.39 is 0 Å². The average Bonchev–Trinajstić information content (AvgIpc) is 2.65. The number of pyridine rings is 1. The number of hydrogen-bond acceptors (Lipinski definition) is 4. The smallest absolute Gasteiger partial charge is 0.159 e. The van der Waals surface area contributed by atoms with Gasteiger partial charge in [0.1, 0.15) is 5.75 Å². The third-order valence-electron chi connectivity index (χ3n) is 1.76. The van der Waals surface area contributed by atoms with Gasteiger partial charge in [-0.3, -0.25) is 4.98 Å². The second-order valence-corrected chi connectivity index (χ2v) is 4.70. The first-order chi connectivity index (χ1) is 6.81. The molecule has 0 atom stereocenters. The Morgan fingerprint density at radius 1 is 1.50 bits per heavy atom. The Bertz CT molecular complexity index is 444. The predicted molar refractivity (Wildman–Crippen MR) is 59.6 cm³/mol. The highest BCUT2D eigenvalue weighted by Crippen LogP contribution is 2.30. The molecule has 0 aliphatic heterocycles. The molecule has 3 nitrogen and oxygen atoms in total. The van der Waals surface area contributed by atoms with Gasteiger partial charge in [-0.05, 0) is 22.0 Å². The zero-order valence-corrected chi connectivity index (χ0v) is 9.80. The Morgan fingerprint density at radius 2 is 2.36 bits per heavy atom. The molecule has 14 heavy (non-hydrogen) atoms. The first-order valence-electron chi connectivity index (χ1n) is 3.90. The Balaban J connectivity index is 2.50. The molecule has 0 aliphatic carbocycles. The van der Waals surface area contributed by atoms with E-state index in [2.05, 4.69) is 25.9 Å². The van der Waals surface area contributed by atoms with Gasteiger partial charge in [-0.1, -0.05) is 0 Å². The predicted octanol–water partition coefficient (Wildman–Crippen LogP) is 2.98. The fourth-order valence-corrected chi connectivity index (χ4v) is 2.14. The highest BCUT2D eigenvalue weighted by molar-refractivity contribution is 9.11. The number of nitrogens with zero attached hydrogens (tertiary/aromatic N) is 2. The van der Waals surface area contributed by atoms with Crippen molar-refractivity contribution in [2.24, 2.45) is 0 Å². The van der Waals surface area contributed by atoms with Crippen LogP contribution in [0.25, 0.3) is 11.3 Å². The third-order valence-corrected chi connectivity index (χ3v) is 3.12. The SMILES string of the molecule is COc1cnccc1-c1csc(Br)n1. The maximum absolute atomic E-state index is 5.20. The van der Waals surface area contributed by atoms with Gasteiger partial charge in [0.15, 0.2) is 3.92 Å². The van der Waals surface area contributed by atoms with Crippen molar-refractivity contribution in [3.05, 3.63) is 27.8 Å². The summed E-state index contributed by atoms with van der Waals surface area (Å²) in [5.41, 5.74) is 1.87. The third kappa shape index (κ3) is 1.78. The standard InChI is InChI=1S/C9H7BrN2OS/c1-13-8-4-11-3-2-6(8)7-5-14-9(10)12-7/h2-5H,1H3. The summed E-state index contributed by atoms with van der Waals surface area (Å²) in [6, 6.07) is 1.89. The van der Waals surface area contributed by atoms with Crippen LogP contribution in [0.5, 0.6) is 5.75 Å². The molecule has 5 heteroatoms. The van der Waals surface area contributed by atoms with Gasteiger partial charge in [0.25, 0.3) is 0 Å². The fourth-order valence-electron chi connectivity index (χ4n) is 1.13. The van der Waals surface area contributed by atoms with Crippen LogP contribution in [-0.2, 0) is 0 Å². The molecule has 72 valence electrons. The molecule has 0 N–H and O–H groups in total. The summed E-state index contributed by atoms with van der Waals surface area (Å²) in [5.74, 6) is 0.741. The van der Waals surface area contributed by atoms with Crippen LogP contribution in [0.3, 0.4) is 0 Å². The second-order valence-electron chi connectivity index (χ2n) is 2.56. The molecular weight excluding hydrogens is 264 g/mol. The fraction of sp³-hybridized carbons (Fsp3) is 0.111. The Hall–Kier alpha value is -0.940. The maximum Gasteiger partial charge on any atom is 0.159 e. The molecule has 0 spiro atoms. The van der Waals surface area contributed by atoms with Crippen molar-refractivity contribution in [3.63, 3.8) is 0 Å². The van der Waals surface area contributed by atoms with E-state index >= 15 is 0 Å². The lowest BCUT2D eigenvalue weighted by molar-refractivity contribution is 0.414. The molecule has 2 aromatic heterocycles. The molecule has 0 bridgehead atoms. The Morgan fingerprint density at radius 3 is 3.00 bits per heavy atom. The minimum atomic E-state index is 0.741. The molecule has 0 unspecified atom stereocenters. The zero-order chi connectivity index (χ0) is 9.97. The van der Waals surface area contributed by atoms with E-state index in [1.54, 1.807) is 30.8 Å². The van der Waals surface area contributed by atoms with E-state index in [1.165, 1.54) is 0 Å². The van der Waals surface area contributed by atoms with Gasteiger partial charge in [-0.15, -0.1) is 11.3 Å². The summed E-state index contributed by atoms with van der Waals surface area (Å²) < 4.78 is 6.06. The minimum Gasteiger partial charge on any atom is -0.494 e. The number of methoxy groups -OCH3 is 1. The number of ether oxygens (including phenoxy) is 1. The Labute approximate surface area is 93.9 Å². The van der Waals surface area contributed by atoms with Crippen molar-refractivity contribution in [1.29, 1.82) is 0 Å². The van der Waals surface area contributed by atoms with Crippen LogP contribution in [0.4, 0.5) is 0 Å². The maximum atomic E-state index is 5.20. The van der Waals surface area contributed by atoms with Crippen molar-refractivity contribution in [2.45, 2.75) is 0 Å². The molecule has 0 aromatic carbocycles. The van der Waals surface area contributed by atoms with Crippen LogP contribution < -0.4 is 4.74 Å². The average molecular weight is 271 g/mol. The normalized spacial score (nSPS) is 10.1. The molecular formula is C9H7BrN2OS. The number of thiazole rings is 1. The van der Waals surface area contributed by atoms with E-state index in [9.17, 15) is 0 Å². The molecule has 0 saturated heterocycles. The van der Waals surface area contributed by atoms with Crippen LogP contribution in [0.15, 0.2) is 27.8 Å². The van der Waals surface area contributed by atoms with Crippen LogP contribution in [0.1, 0.15) is 0 Å². The van der Waals surface area contributed by atoms with Gasteiger partial charge in [-0.25, -0.2) is 4.98 Å². The summed E-state index contributed by atoms with van der Waals surface area (Å²) in [7, 11) is 1.63. The summed E-state index contributed by atoms with van der Waals surface area (Å²) in [4.78, 5) is 8.30. The highest BCUT2D eigenvalue weighted by atomic mass is 79.9. The van der Waals surface area contributed by atoms with Gasteiger partial charge in [0, 0.05) is 17.1 Å². The van der Waals surface area contributed by atoms with Crippen LogP contribution in [0.2, 0.25) is 0 Å². The Kier molecular flexibility index (Phi) is 2.79. The second kappa shape index (κ2) is 4.06. The lowest BCUT2D eigenvalue weighted by Crippen LogP contribution is -1.88. The molecule has 2 aromatic rings. The molecule has 0 fully saturated rings. The van der Waals surface area contributed by atoms with Crippen LogP contribution in [0, 0.1) is 0 Å². The van der Waals surface area contributed by atoms with E-state index in [0.717, 1.165) is 20.9 Å². The van der Waals surface area contributed by atoms with Crippen molar-refractivity contribution >= 4 is 27.3 Å². The summed E-state index contributed by atoms with van der Waals surface area (Å²) in [5, 5.41) is 1.97. The molecule has 2 rings (SSSR count). The molecule has 0 aliphatic rings. The largest absolute Gasteiger partial charge is 0.494 e. The first kappa shape index (κ1) is 9.61. The van der Waals surface area contributed by atoms with Crippen molar-refractivity contribution in [3.8, 4) is 17.0 Å². The monoisotopic (exact) mass is 270 g/mol. The van der Waals surface area contributed by atoms with Gasteiger partial charge < -0.3 is 4.74 Å². The van der Waals surface area contributed by atoms with E-state index in [4.69, 9.17) is 4.74 Å². The number of halogens is 1. The van der Waals surface area contributed by atoms with Gasteiger partial charge in [-0.2, -0.15) is 0 Å². The summed E-state index contributed by atoms with van der Waals surface area (Å²) in [6.07, 6.45) is 3.41. The molecule has 0 radical (unpaired) electrons. The topological polar surface area (TPSA) is 35.0 Å². The number of rotatable bonds is 2. The lowest BCUT2D eigenvalue weighted by atomic mass is 10.2. The van der Waals surface area contributed by atoms with Crippen molar-refractivity contribution in [1.82, 2.24) is 9.97 Å². The van der Waals surface area contributed by atoms with Crippen LogP contribution >= 0.6 is 27.3 Å².